The normalized spacial score (nSPS) is 38.5. The third-order valence-electron chi connectivity index (χ3n) is 4.15. The largest absolute Gasteiger partial charge is 0.377 e. The Balaban J connectivity index is 2.44. The Kier molecular flexibility index (Phi) is 3.90. The lowest BCUT2D eigenvalue weighted by Gasteiger charge is -2.40. The SMILES string of the molecule is CC12CC(C=O)C(=O)C=C1CC[C@@]2(O)C#CSI. The highest BCUT2D eigenvalue weighted by Gasteiger charge is 2.56. The fraction of sp³-hybridized carbons (Fsp3) is 0.538. The predicted octanol–water partition coefficient (Wildman–Crippen LogP) is 2.28. The van der Waals surface area contributed by atoms with Gasteiger partial charge in [-0.2, -0.15) is 0 Å². The van der Waals surface area contributed by atoms with Crippen LogP contribution in [0, 0.1) is 22.5 Å². The first-order chi connectivity index (χ1) is 8.47. The number of allylic oxidation sites excluding steroid dienone is 1. The molecule has 0 aromatic carbocycles. The molecule has 0 bridgehead atoms. The number of aliphatic hydroxyl groups is 1. The summed E-state index contributed by atoms with van der Waals surface area (Å²) in [7, 11) is 1.33. The standard InChI is InChI=1S/C13H13IO3S/c1-12-7-9(8-15)11(16)6-10(12)2-3-13(12,17)4-5-18-14/h6,8-9,17H,2-3,7H2,1H3/t9?,12?,13-/m1/s1. The Labute approximate surface area is 122 Å². The lowest BCUT2D eigenvalue weighted by Crippen LogP contribution is -2.45. The molecule has 2 aliphatic rings. The maximum Gasteiger partial charge on any atom is 0.165 e. The maximum absolute atomic E-state index is 11.7. The van der Waals surface area contributed by atoms with Crippen molar-refractivity contribution in [1.29, 1.82) is 0 Å². The number of hydrogen-bond acceptors (Lipinski definition) is 4. The first kappa shape index (κ1) is 14.1. The number of fused-ring (bicyclic) bond motifs is 1. The van der Waals surface area contributed by atoms with E-state index >= 15 is 0 Å². The third kappa shape index (κ3) is 2.04. The number of carbonyl (C=O) groups is 2. The molecule has 0 radical (unpaired) electrons. The van der Waals surface area contributed by atoms with Crippen LogP contribution in [-0.2, 0) is 9.59 Å². The van der Waals surface area contributed by atoms with E-state index in [2.05, 4.69) is 32.4 Å². The van der Waals surface area contributed by atoms with Crippen molar-refractivity contribution >= 4 is 42.2 Å². The number of aldehydes is 1. The van der Waals surface area contributed by atoms with Gasteiger partial charge in [0.15, 0.2) is 5.78 Å². The number of hydrogen-bond donors (Lipinski definition) is 1. The first-order valence-corrected chi connectivity index (χ1v) is 9.05. The van der Waals surface area contributed by atoms with Gasteiger partial charge in [-0.05, 0) is 39.5 Å². The van der Waals surface area contributed by atoms with Crippen molar-refractivity contribution in [3.8, 4) is 11.2 Å². The minimum atomic E-state index is -1.13. The summed E-state index contributed by atoms with van der Waals surface area (Å²) in [6.45, 7) is 1.90. The van der Waals surface area contributed by atoms with Gasteiger partial charge in [-0.1, -0.05) is 18.4 Å². The van der Waals surface area contributed by atoms with Gasteiger partial charge in [0.1, 0.15) is 11.9 Å². The van der Waals surface area contributed by atoms with Crippen LogP contribution in [0.15, 0.2) is 11.6 Å². The van der Waals surface area contributed by atoms with Gasteiger partial charge in [0.2, 0.25) is 0 Å². The van der Waals surface area contributed by atoms with Gasteiger partial charge in [0.05, 0.1) is 5.92 Å². The molecule has 1 saturated carbocycles. The van der Waals surface area contributed by atoms with Crippen LogP contribution in [0.2, 0.25) is 0 Å². The zero-order valence-corrected chi connectivity index (χ0v) is 12.9. The van der Waals surface area contributed by atoms with Crippen LogP contribution in [0.4, 0.5) is 0 Å². The number of halogens is 1. The zero-order valence-electron chi connectivity index (χ0n) is 9.90. The molecule has 0 saturated heterocycles. The average Bonchev–Trinajstić information content (AvgIpc) is 2.60. The van der Waals surface area contributed by atoms with Gasteiger partial charge in [0, 0.05) is 26.6 Å². The molecule has 0 spiro atoms. The highest BCUT2D eigenvalue weighted by molar-refractivity contribution is 14.2. The monoisotopic (exact) mass is 376 g/mol. The van der Waals surface area contributed by atoms with E-state index in [1.54, 1.807) is 6.08 Å². The van der Waals surface area contributed by atoms with Gasteiger partial charge >= 0.3 is 0 Å². The summed E-state index contributed by atoms with van der Waals surface area (Å²) in [6, 6.07) is 0. The highest BCUT2D eigenvalue weighted by Crippen LogP contribution is 2.55. The molecule has 0 heterocycles. The van der Waals surface area contributed by atoms with E-state index in [0.29, 0.717) is 25.5 Å². The molecule has 96 valence electrons. The van der Waals surface area contributed by atoms with E-state index < -0.39 is 16.9 Å². The van der Waals surface area contributed by atoms with Crippen LogP contribution in [0.1, 0.15) is 26.2 Å². The van der Waals surface area contributed by atoms with Gasteiger partial charge in [-0.15, -0.1) is 0 Å². The average molecular weight is 376 g/mol. The third-order valence-corrected chi connectivity index (χ3v) is 4.99. The van der Waals surface area contributed by atoms with E-state index in [0.717, 1.165) is 5.57 Å². The molecule has 3 atom stereocenters. The Morgan fingerprint density at radius 2 is 2.39 bits per heavy atom. The Bertz CT molecular complexity index is 490. The van der Waals surface area contributed by atoms with Crippen molar-refractivity contribution in [2.45, 2.75) is 31.8 Å². The summed E-state index contributed by atoms with van der Waals surface area (Å²) in [5, 5.41) is 13.6. The number of rotatable bonds is 1. The van der Waals surface area contributed by atoms with Gasteiger partial charge in [-0.25, -0.2) is 0 Å². The molecular weight excluding hydrogens is 363 g/mol. The quantitative estimate of drug-likeness (QED) is 0.330. The molecule has 2 unspecified atom stereocenters. The van der Waals surface area contributed by atoms with E-state index in [4.69, 9.17) is 0 Å². The van der Waals surface area contributed by atoms with Crippen molar-refractivity contribution < 1.29 is 14.7 Å². The summed E-state index contributed by atoms with van der Waals surface area (Å²) >= 11 is 2.05. The predicted molar refractivity (Wildman–Crippen MR) is 78.9 cm³/mol. The second kappa shape index (κ2) is 4.99. The van der Waals surface area contributed by atoms with Crippen LogP contribution in [0.25, 0.3) is 0 Å². The lowest BCUT2D eigenvalue weighted by atomic mass is 9.65. The van der Waals surface area contributed by atoms with E-state index in [1.165, 1.54) is 8.93 Å². The van der Waals surface area contributed by atoms with Crippen LogP contribution in [0.3, 0.4) is 0 Å². The second-order valence-electron chi connectivity index (χ2n) is 5.02. The van der Waals surface area contributed by atoms with Crippen molar-refractivity contribution in [3.05, 3.63) is 11.6 Å². The summed E-state index contributed by atoms with van der Waals surface area (Å²) in [5.41, 5.74) is -0.772. The molecule has 5 heteroatoms. The van der Waals surface area contributed by atoms with Gasteiger partial charge < -0.3 is 9.90 Å². The molecule has 2 rings (SSSR count). The minimum absolute atomic E-state index is 0.141. The smallest absolute Gasteiger partial charge is 0.165 e. The summed E-state index contributed by atoms with van der Waals surface area (Å²) in [5.74, 6) is 2.12. The second-order valence-corrected chi connectivity index (χ2v) is 6.69. The fourth-order valence-electron chi connectivity index (χ4n) is 2.90. The fourth-order valence-corrected chi connectivity index (χ4v) is 3.44. The molecule has 2 aliphatic carbocycles. The Morgan fingerprint density at radius 1 is 1.67 bits per heavy atom. The number of carbonyl (C=O) groups excluding carboxylic acids is 2. The summed E-state index contributed by atoms with van der Waals surface area (Å²) in [4.78, 5) is 22.7. The molecule has 1 N–H and O–H groups in total. The molecule has 0 aliphatic heterocycles. The van der Waals surface area contributed by atoms with E-state index in [1.807, 2.05) is 6.92 Å². The highest BCUT2D eigenvalue weighted by atomic mass is 127. The van der Waals surface area contributed by atoms with Crippen molar-refractivity contribution in [3.63, 3.8) is 0 Å². The topological polar surface area (TPSA) is 54.4 Å². The lowest BCUT2D eigenvalue weighted by molar-refractivity contribution is -0.127. The van der Waals surface area contributed by atoms with E-state index in [9.17, 15) is 14.7 Å². The number of ketones is 1. The first-order valence-electron chi connectivity index (χ1n) is 5.69. The van der Waals surface area contributed by atoms with Crippen LogP contribution < -0.4 is 0 Å². The maximum atomic E-state index is 11.7. The molecule has 0 amide bonds. The van der Waals surface area contributed by atoms with Crippen LogP contribution in [0.5, 0.6) is 0 Å². The molecule has 18 heavy (non-hydrogen) atoms. The van der Waals surface area contributed by atoms with Crippen molar-refractivity contribution in [2.24, 2.45) is 11.3 Å². The van der Waals surface area contributed by atoms with Crippen molar-refractivity contribution in [2.75, 3.05) is 0 Å². The molecule has 3 nitrogen and oxygen atoms in total. The minimum Gasteiger partial charge on any atom is -0.377 e. The van der Waals surface area contributed by atoms with Gasteiger partial charge in [-0.3, -0.25) is 4.79 Å². The summed E-state index contributed by atoms with van der Waals surface area (Å²) in [6.07, 6.45) is 3.78. The van der Waals surface area contributed by atoms with Gasteiger partial charge in [0.25, 0.3) is 0 Å². The van der Waals surface area contributed by atoms with Crippen LogP contribution in [-0.4, -0.2) is 22.8 Å². The molecule has 1 fully saturated rings. The molecule has 0 aromatic rings. The molecular formula is C13H13IO3S. The van der Waals surface area contributed by atoms with E-state index in [-0.39, 0.29) is 5.78 Å². The molecule has 0 aromatic heterocycles. The Morgan fingerprint density at radius 3 is 3.00 bits per heavy atom. The van der Waals surface area contributed by atoms with Crippen molar-refractivity contribution in [1.82, 2.24) is 0 Å². The zero-order chi connectivity index (χ0) is 13.4. The summed E-state index contributed by atoms with van der Waals surface area (Å²) < 4.78 is 0. The van der Waals surface area contributed by atoms with Crippen LogP contribution >= 0.6 is 30.1 Å². The Hall–Kier alpha value is -0.320.